The van der Waals surface area contributed by atoms with E-state index in [9.17, 15) is 0 Å². The number of hydrogen-bond donors (Lipinski definition) is 2. The van der Waals surface area contributed by atoms with Gasteiger partial charge in [-0.1, -0.05) is 15.9 Å². The number of benzene rings is 1. The third-order valence-electron chi connectivity index (χ3n) is 2.87. The summed E-state index contributed by atoms with van der Waals surface area (Å²) in [5.41, 5.74) is 2.62. The summed E-state index contributed by atoms with van der Waals surface area (Å²) in [5, 5.41) is 4.75. The lowest BCUT2D eigenvalue weighted by molar-refractivity contribution is 0.385. The first-order chi connectivity index (χ1) is 6.84. The molecule has 1 atom stereocenters. The van der Waals surface area contributed by atoms with E-state index in [1.165, 1.54) is 22.9 Å². The summed E-state index contributed by atoms with van der Waals surface area (Å²) in [6, 6.07) is 6.91. The maximum absolute atomic E-state index is 3.51. The van der Waals surface area contributed by atoms with Crippen molar-refractivity contribution in [2.75, 3.05) is 6.54 Å². The van der Waals surface area contributed by atoms with Crippen molar-refractivity contribution in [3.05, 3.63) is 34.4 Å². The minimum atomic E-state index is 0.554. The van der Waals surface area contributed by atoms with Gasteiger partial charge in [0.1, 0.15) is 0 Å². The molecule has 1 fully saturated rings. The molecule has 1 aromatic carbocycles. The summed E-state index contributed by atoms with van der Waals surface area (Å²) >= 11 is 3.51. The smallest absolute Gasteiger partial charge is 0.0458 e. The first-order valence-corrected chi connectivity index (χ1v) is 5.64. The van der Waals surface area contributed by atoms with Crippen LogP contribution >= 0.6 is 15.9 Å². The quantitative estimate of drug-likeness (QED) is 0.801. The van der Waals surface area contributed by atoms with Gasteiger partial charge in [0, 0.05) is 27.6 Å². The average Bonchev–Trinajstić information content (AvgIpc) is 2.46. The van der Waals surface area contributed by atoms with Gasteiger partial charge in [-0.25, -0.2) is 0 Å². The van der Waals surface area contributed by atoms with E-state index in [2.05, 4.69) is 50.6 Å². The van der Waals surface area contributed by atoms with Crippen LogP contribution in [0.4, 0.5) is 0 Å². The largest absolute Gasteiger partial charge is 0.361 e. The van der Waals surface area contributed by atoms with Crippen LogP contribution in [0.5, 0.6) is 0 Å². The number of fused-ring (bicyclic) bond motifs is 1. The summed E-state index contributed by atoms with van der Waals surface area (Å²) < 4.78 is 1.14. The van der Waals surface area contributed by atoms with E-state index in [0.717, 1.165) is 11.0 Å². The van der Waals surface area contributed by atoms with E-state index in [4.69, 9.17) is 0 Å². The summed E-state index contributed by atoms with van der Waals surface area (Å²) in [4.78, 5) is 3.30. The van der Waals surface area contributed by atoms with Crippen LogP contribution < -0.4 is 5.32 Å². The van der Waals surface area contributed by atoms with E-state index in [1.54, 1.807) is 0 Å². The molecule has 0 aliphatic carbocycles. The van der Waals surface area contributed by atoms with Crippen molar-refractivity contribution >= 4 is 26.8 Å². The van der Waals surface area contributed by atoms with Crippen LogP contribution in [0, 0.1) is 0 Å². The maximum atomic E-state index is 3.51. The van der Waals surface area contributed by atoms with E-state index < -0.39 is 0 Å². The number of aromatic nitrogens is 1. The molecule has 2 heterocycles. The molecule has 72 valence electrons. The number of halogens is 1. The van der Waals surface area contributed by atoms with Crippen LogP contribution in [-0.4, -0.2) is 11.5 Å². The maximum Gasteiger partial charge on any atom is 0.0458 e. The van der Waals surface area contributed by atoms with E-state index in [-0.39, 0.29) is 0 Å². The number of aromatic amines is 1. The molecule has 3 rings (SSSR count). The van der Waals surface area contributed by atoms with Crippen molar-refractivity contribution in [2.45, 2.75) is 12.5 Å². The molecule has 0 amide bonds. The van der Waals surface area contributed by atoms with Crippen LogP contribution in [0.25, 0.3) is 10.9 Å². The van der Waals surface area contributed by atoms with Gasteiger partial charge < -0.3 is 10.3 Å². The van der Waals surface area contributed by atoms with Crippen LogP contribution in [0.1, 0.15) is 18.0 Å². The highest BCUT2D eigenvalue weighted by atomic mass is 79.9. The minimum absolute atomic E-state index is 0.554. The van der Waals surface area contributed by atoms with Gasteiger partial charge in [-0.3, -0.25) is 0 Å². The fraction of sp³-hybridized carbons (Fsp3) is 0.273. The molecule has 2 nitrogen and oxygen atoms in total. The summed E-state index contributed by atoms with van der Waals surface area (Å²) in [7, 11) is 0. The minimum Gasteiger partial charge on any atom is -0.361 e. The van der Waals surface area contributed by atoms with Gasteiger partial charge in [-0.05, 0) is 36.7 Å². The van der Waals surface area contributed by atoms with Gasteiger partial charge in [0.2, 0.25) is 0 Å². The highest BCUT2D eigenvalue weighted by Gasteiger charge is 2.21. The second-order valence-corrected chi connectivity index (χ2v) is 4.64. The Bertz CT molecular complexity index is 471. The second-order valence-electron chi connectivity index (χ2n) is 3.73. The average molecular weight is 251 g/mol. The van der Waals surface area contributed by atoms with E-state index in [1.807, 2.05) is 0 Å². The van der Waals surface area contributed by atoms with Crippen LogP contribution in [0.2, 0.25) is 0 Å². The van der Waals surface area contributed by atoms with Crippen molar-refractivity contribution in [1.29, 1.82) is 0 Å². The molecule has 0 saturated carbocycles. The monoisotopic (exact) mass is 250 g/mol. The Balaban J connectivity index is 2.18. The predicted octanol–water partition coefficient (Wildman–Crippen LogP) is 2.96. The fourth-order valence-electron chi connectivity index (χ4n) is 1.96. The van der Waals surface area contributed by atoms with Crippen molar-refractivity contribution < 1.29 is 0 Å². The Morgan fingerprint density at radius 2 is 2.21 bits per heavy atom. The number of rotatable bonds is 1. The number of nitrogens with one attached hydrogen (secondary N) is 2. The van der Waals surface area contributed by atoms with Gasteiger partial charge in [-0.2, -0.15) is 0 Å². The molecule has 0 spiro atoms. The van der Waals surface area contributed by atoms with Crippen molar-refractivity contribution in [1.82, 2.24) is 10.3 Å². The molecule has 14 heavy (non-hydrogen) atoms. The van der Waals surface area contributed by atoms with Gasteiger partial charge in [0.25, 0.3) is 0 Å². The molecule has 1 aliphatic heterocycles. The molecule has 2 aromatic rings. The standard InChI is InChI=1S/C11H11BrN2/c12-7-1-2-10-8(5-7)9(6-14-10)11-3-4-13-11/h1-2,5-6,11,13-14H,3-4H2/t11-/m1/s1. The van der Waals surface area contributed by atoms with Gasteiger partial charge in [0.15, 0.2) is 0 Å². The zero-order valence-corrected chi connectivity index (χ0v) is 9.26. The Morgan fingerprint density at radius 1 is 1.36 bits per heavy atom. The van der Waals surface area contributed by atoms with Crippen molar-refractivity contribution in [3.63, 3.8) is 0 Å². The molecular formula is C11H11BrN2. The molecule has 1 aromatic heterocycles. The van der Waals surface area contributed by atoms with E-state index >= 15 is 0 Å². The summed E-state index contributed by atoms with van der Waals surface area (Å²) in [6.45, 7) is 1.14. The van der Waals surface area contributed by atoms with E-state index in [0.29, 0.717) is 6.04 Å². The Kier molecular flexibility index (Phi) is 1.89. The summed E-state index contributed by atoms with van der Waals surface area (Å²) in [6.07, 6.45) is 3.37. The van der Waals surface area contributed by atoms with Crippen molar-refractivity contribution in [3.8, 4) is 0 Å². The molecular weight excluding hydrogens is 240 g/mol. The highest BCUT2D eigenvalue weighted by molar-refractivity contribution is 9.10. The number of hydrogen-bond acceptors (Lipinski definition) is 1. The van der Waals surface area contributed by atoms with Gasteiger partial charge in [0.05, 0.1) is 0 Å². The summed E-state index contributed by atoms with van der Waals surface area (Å²) in [5.74, 6) is 0. The van der Waals surface area contributed by atoms with Crippen LogP contribution in [-0.2, 0) is 0 Å². The SMILES string of the molecule is Brc1ccc2[nH]cc([C@H]3CCN3)c2c1. The molecule has 0 bridgehead atoms. The Hall–Kier alpha value is -0.800. The highest BCUT2D eigenvalue weighted by Crippen LogP contribution is 2.31. The first kappa shape index (κ1) is 8.50. The van der Waals surface area contributed by atoms with Crippen molar-refractivity contribution in [2.24, 2.45) is 0 Å². The Labute approximate surface area is 90.8 Å². The lowest BCUT2D eigenvalue weighted by Gasteiger charge is -2.27. The van der Waals surface area contributed by atoms with Gasteiger partial charge >= 0.3 is 0 Å². The topological polar surface area (TPSA) is 27.8 Å². The third kappa shape index (κ3) is 1.20. The normalized spacial score (nSPS) is 21.1. The lowest BCUT2D eigenvalue weighted by atomic mass is 9.98. The zero-order chi connectivity index (χ0) is 9.54. The van der Waals surface area contributed by atoms with Crippen LogP contribution in [0.15, 0.2) is 28.9 Å². The fourth-order valence-corrected chi connectivity index (χ4v) is 2.32. The Morgan fingerprint density at radius 3 is 2.93 bits per heavy atom. The predicted molar refractivity (Wildman–Crippen MR) is 61.4 cm³/mol. The van der Waals surface area contributed by atoms with Gasteiger partial charge in [-0.15, -0.1) is 0 Å². The number of H-pyrrole nitrogens is 1. The molecule has 3 heteroatoms. The molecule has 0 unspecified atom stereocenters. The molecule has 2 N–H and O–H groups in total. The lowest BCUT2D eigenvalue weighted by Crippen LogP contribution is -2.34. The second kappa shape index (κ2) is 3.11. The van der Waals surface area contributed by atoms with Crippen LogP contribution in [0.3, 0.4) is 0 Å². The molecule has 1 saturated heterocycles. The molecule has 0 radical (unpaired) electrons. The zero-order valence-electron chi connectivity index (χ0n) is 7.68. The third-order valence-corrected chi connectivity index (χ3v) is 3.37. The first-order valence-electron chi connectivity index (χ1n) is 4.84. The molecule has 1 aliphatic rings.